The van der Waals surface area contributed by atoms with Crippen molar-refractivity contribution in [3.05, 3.63) is 36.0 Å². The van der Waals surface area contributed by atoms with E-state index >= 15 is 0 Å². The first kappa shape index (κ1) is 12.4. The summed E-state index contributed by atoms with van der Waals surface area (Å²) in [5, 5.41) is 4.08. The minimum absolute atomic E-state index is 0.0502. The summed E-state index contributed by atoms with van der Waals surface area (Å²) >= 11 is 0. The van der Waals surface area contributed by atoms with Crippen LogP contribution in [0.25, 0.3) is 10.9 Å². The number of fused-ring (bicyclic) bond motifs is 1. The molecule has 0 atom stereocenters. The first-order valence-electron chi connectivity index (χ1n) is 6.46. The standard InChI is InChI=1S/C14H16N2O2S/c17-14(16-11-5-8-19(18)9-6-11)12-3-1-2-10-4-7-15-13(10)12/h1-4,7,11,15H,5-6,8-9H2,(H,16,17). The second-order valence-corrected chi connectivity index (χ2v) is 6.54. The molecule has 19 heavy (non-hydrogen) atoms. The minimum Gasteiger partial charge on any atom is -0.361 e. The molecule has 1 aliphatic heterocycles. The number of hydrogen-bond acceptors (Lipinski definition) is 2. The lowest BCUT2D eigenvalue weighted by molar-refractivity contribution is 0.0936. The van der Waals surface area contributed by atoms with Gasteiger partial charge < -0.3 is 10.3 Å². The normalized spacial score (nSPS) is 23.4. The fraction of sp³-hybridized carbons (Fsp3) is 0.357. The van der Waals surface area contributed by atoms with Gasteiger partial charge in [-0.05, 0) is 25.0 Å². The zero-order valence-corrected chi connectivity index (χ0v) is 11.3. The molecule has 0 spiro atoms. The number of amides is 1. The molecular formula is C14H16N2O2S. The van der Waals surface area contributed by atoms with Gasteiger partial charge in [0.2, 0.25) is 0 Å². The molecule has 0 saturated carbocycles. The van der Waals surface area contributed by atoms with Gasteiger partial charge in [0, 0.05) is 39.9 Å². The van der Waals surface area contributed by atoms with Gasteiger partial charge in [-0.2, -0.15) is 0 Å². The third kappa shape index (κ3) is 2.56. The van der Waals surface area contributed by atoms with Crippen molar-refractivity contribution in [2.45, 2.75) is 18.9 Å². The molecule has 1 aromatic carbocycles. The van der Waals surface area contributed by atoms with Gasteiger partial charge in [0.15, 0.2) is 0 Å². The number of H-pyrrole nitrogens is 1. The quantitative estimate of drug-likeness (QED) is 0.878. The van der Waals surface area contributed by atoms with Gasteiger partial charge in [0.1, 0.15) is 0 Å². The zero-order chi connectivity index (χ0) is 13.2. The van der Waals surface area contributed by atoms with Crippen LogP contribution >= 0.6 is 0 Å². The molecule has 3 rings (SSSR count). The Bertz CT molecular complexity index is 625. The smallest absolute Gasteiger partial charge is 0.253 e. The summed E-state index contributed by atoms with van der Waals surface area (Å²) < 4.78 is 11.3. The van der Waals surface area contributed by atoms with Crippen LogP contribution in [0.15, 0.2) is 30.5 Å². The van der Waals surface area contributed by atoms with Gasteiger partial charge in [-0.3, -0.25) is 9.00 Å². The molecule has 0 aliphatic carbocycles. The predicted octanol–water partition coefficient (Wildman–Crippen LogP) is 1.81. The molecule has 100 valence electrons. The van der Waals surface area contributed by atoms with E-state index in [2.05, 4.69) is 10.3 Å². The lowest BCUT2D eigenvalue weighted by Gasteiger charge is -2.22. The van der Waals surface area contributed by atoms with Gasteiger partial charge in [-0.1, -0.05) is 12.1 Å². The fourth-order valence-corrected chi connectivity index (χ4v) is 3.77. The van der Waals surface area contributed by atoms with Crippen molar-refractivity contribution in [1.82, 2.24) is 10.3 Å². The molecule has 1 fully saturated rings. The number of para-hydroxylation sites is 1. The second kappa shape index (κ2) is 5.17. The van der Waals surface area contributed by atoms with E-state index in [9.17, 15) is 9.00 Å². The highest BCUT2D eigenvalue weighted by molar-refractivity contribution is 7.85. The van der Waals surface area contributed by atoms with Crippen LogP contribution in [0.4, 0.5) is 0 Å². The van der Waals surface area contributed by atoms with E-state index in [1.165, 1.54) is 0 Å². The van der Waals surface area contributed by atoms with Crippen molar-refractivity contribution in [2.24, 2.45) is 0 Å². The fourth-order valence-electron chi connectivity index (χ4n) is 2.48. The van der Waals surface area contributed by atoms with Gasteiger partial charge in [-0.15, -0.1) is 0 Å². The lowest BCUT2D eigenvalue weighted by atomic mass is 10.1. The molecule has 2 heterocycles. The Morgan fingerprint density at radius 3 is 2.84 bits per heavy atom. The number of benzene rings is 1. The van der Waals surface area contributed by atoms with Crippen LogP contribution in [0.5, 0.6) is 0 Å². The maximum absolute atomic E-state index is 12.3. The van der Waals surface area contributed by atoms with E-state index in [4.69, 9.17) is 0 Å². The topological polar surface area (TPSA) is 62.0 Å². The van der Waals surface area contributed by atoms with Gasteiger partial charge >= 0.3 is 0 Å². The molecule has 5 heteroatoms. The summed E-state index contributed by atoms with van der Waals surface area (Å²) in [6.45, 7) is 0. The molecule has 0 radical (unpaired) electrons. The molecule has 1 amide bonds. The van der Waals surface area contributed by atoms with Gasteiger partial charge in [-0.25, -0.2) is 0 Å². The number of nitrogens with one attached hydrogen (secondary N) is 2. The number of rotatable bonds is 2. The van der Waals surface area contributed by atoms with Crippen LogP contribution in [0, 0.1) is 0 Å². The monoisotopic (exact) mass is 276 g/mol. The minimum atomic E-state index is -0.694. The molecule has 2 aromatic rings. The van der Waals surface area contributed by atoms with E-state index in [-0.39, 0.29) is 11.9 Å². The van der Waals surface area contributed by atoms with E-state index in [1.54, 1.807) is 0 Å². The van der Waals surface area contributed by atoms with Crippen molar-refractivity contribution >= 4 is 27.6 Å². The zero-order valence-electron chi connectivity index (χ0n) is 10.5. The first-order chi connectivity index (χ1) is 9.24. The number of aromatic amines is 1. The number of carbonyl (C=O) groups excluding carboxylic acids is 1. The van der Waals surface area contributed by atoms with Crippen molar-refractivity contribution in [3.63, 3.8) is 0 Å². The predicted molar refractivity (Wildman–Crippen MR) is 76.7 cm³/mol. The number of hydrogen-bond donors (Lipinski definition) is 2. The van der Waals surface area contributed by atoms with Crippen LogP contribution in [-0.2, 0) is 10.8 Å². The average Bonchev–Trinajstić information content (AvgIpc) is 2.89. The van der Waals surface area contributed by atoms with Crippen LogP contribution in [-0.4, -0.2) is 32.6 Å². The van der Waals surface area contributed by atoms with E-state index in [1.807, 2.05) is 30.5 Å². The SMILES string of the molecule is O=C(NC1CCS(=O)CC1)c1cccc2cc[nH]c12. The Kier molecular flexibility index (Phi) is 3.38. The summed E-state index contributed by atoms with van der Waals surface area (Å²) in [6.07, 6.45) is 3.45. The molecule has 1 saturated heterocycles. The van der Waals surface area contributed by atoms with Crippen molar-refractivity contribution in [2.75, 3.05) is 11.5 Å². The Balaban J connectivity index is 1.77. The maximum Gasteiger partial charge on any atom is 0.253 e. The number of carbonyl (C=O) groups is 1. The molecule has 4 nitrogen and oxygen atoms in total. The van der Waals surface area contributed by atoms with Crippen LogP contribution < -0.4 is 5.32 Å². The summed E-state index contributed by atoms with van der Waals surface area (Å²) in [6, 6.07) is 7.80. The van der Waals surface area contributed by atoms with Crippen LogP contribution in [0.1, 0.15) is 23.2 Å². The lowest BCUT2D eigenvalue weighted by Crippen LogP contribution is -2.39. The highest BCUT2D eigenvalue weighted by atomic mass is 32.2. The Morgan fingerprint density at radius 1 is 1.26 bits per heavy atom. The highest BCUT2D eigenvalue weighted by Gasteiger charge is 2.20. The van der Waals surface area contributed by atoms with E-state index in [0.717, 1.165) is 23.7 Å². The molecule has 0 unspecified atom stereocenters. The maximum atomic E-state index is 12.3. The third-order valence-electron chi connectivity index (χ3n) is 3.56. The summed E-state index contributed by atoms with van der Waals surface area (Å²) in [5.74, 6) is 1.33. The molecule has 0 bridgehead atoms. The van der Waals surface area contributed by atoms with Crippen molar-refractivity contribution in [1.29, 1.82) is 0 Å². The molecule has 2 N–H and O–H groups in total. The summed E-state index contributed by atoms with van der Waals surface area (Å²) in [4.78, 5) is 15.4. The Morgan fingerprint density at radius 2 is 2.05 bits per heavy atom. The Labute approximate surface area is 114 Å². The summed E-state index contributed by atoms with van der Waals surface area (Å²) in [5.41, 5.74) is 1.55. The summed E-state index contributed by atoms with van der Waals surface area (Å²) in [7, 11) is -0.694. The van der Waals surface area contributed by atoms with E-state index < -0.39 is 10.8 Å². The van der Waals surface area contributed by atoms with Crippen molar-refractivity contribution in [3.8, 4) is 0 Å². The molecule has 1 aliphatic rings. The average molecular weight is 276 g/mol. The molecule has 1 aromatic heterocycles. The first-order valence-corrected chi connectivity index (χ1v) is 7.95. The highest BCUT2D eigenvalue weighted by Crippen LogP contribution is 2.18. The van der Waals surface area contributed by atoms with E-state index in [0.29, 0.717) is 17.1 Å². The largest absolute Gasteiger partial charge is 0.361 e. The van der Waals surface area contributed by atoms with Gasteiger partial charge in [0.25, 0.3) is 5.91 Å². The Hall–Kier alpha value is -1.62. The van der Waals surface area contributed by atoms with Gasteiger partial charge in [0.05, 0.1) is 11.1 Å². The second-order valence-electron chi connectivity index (χ2n) is 4.84. The third-order valence-corrected chi connectivity index (χ3v) is 4.94. The number of aromatic nitrogens is 1. The molecular weight excluding hydrogens is 260 g/mol. The van der Waals surface area contributed by atoms with Crippen LogP contribution in [0.2, 0.25) is 0 Å². The van der Waals surface area contributed by atoms with Crippen molar-refractivity contribution < 1.29 is 9.00 Å². The van der Waals surface area contributed by atoms with Crippen LogP contribution in [0.3, 0.4) is 0 Å².